The number of hydrogen-bond donors (Lipinski definition) is 0. The van der Waals surface area contributed by atoms with E-state index in [9.17, 15) is 0 Å². The average molecular weight is 354 g/mol. The molecule has 1 saturated carbocycles. The van der Waals surface area contributed by atoms with E-state index in [1.54, 1.807) is 0 Å². The summed E-state index contributed by atoms with van der Waals surface area (Å²) in [6.07, 6.45) is 5.81. The molecule has 0 aromatic heterocycles. The Hall–Kier alpha value is 3.66. The van der Waals surface area contributed by atoms with E-state index in [-0.39, 0.29) is 98.1 Å². The van der Waals surface area contributed by atoms with Gasteiger partial charge in [-0.05, 0) is 6.26 Å². The zero-order valence-electron chi connectivity index (χ0n) is 5.00. The molecule has 0 heterocycles. The van der Waals surface area contributed by atoms with Gasteiger partial charge in [-0.1, -0.05) is 0 Å². The van der Waals surface area contributed by atoms with Crippen LogP contribution in [0.3, 0.4) is 0 Å². The summed E-state index contributed by atoms with van der Waals surface area (Å²) >= 11 is 1.94. The molecule has 3 radical (unpaired) electrons. The van der Waals surface area contributed by atoms with Crippen LogP contribution in [0.5, 0.6) is 0 Å². The van der Waals surface area contributed by atoms with Gasteiger partial charge < -0.3 is 6.42 Å². The van der Waals surface area contributed by atoms with Crippen molar-refractivity contribution in [1.29, 1.82) is 0 Å². The number of rotatable bonds is 1. The smallest absolute Gasteiger partial charge is 0 e. The van der Waals surface area contributed by atoms with Gasteiger partial charge in [0, 0.05) is 98.1 Å². The van der Waals surface area contributed by atoms with Gasteiger partial charge >= 0.3 is 0 Å². The molecule has 1 fully saturated rings. The molecule has 0 bridgehead atoms. The van der Waals surface area contributed by atoms with Crippen LogP contribution < -0.4 is 0 Å². The van der Waals surface area contributed by atoms with Crippen molar-refractivity contribution in [3.8, 4) is 0 Å². The van der Waals surface area contributed by atoms with Crippen molar-refractivity contribution in [1.82, 2.24) is 0 Å². The SMILES string of the molecule is CSC1[CH-]C1.[Y].[Y].[Y]. The fourth-order valence-electron chi connectivity index (χ4n) is 0.248. The van der Waals surface area contributed by atoms with Crippen LogP contribution in [0.25, 0.3) is 0 Å². The molecular formula is C4H7SY3-. The fourth-order valence-corrected chi connectivity index (χ4v) is 0.744. The van der Waals surface area contributed by atoms with Crippen molar-refractivity contribution in [3.63, 3.8) is 0 Å². The summed E-state index contributed by atoms with van der Waals surface area (Å²) in [5.41, 5.74) is 0. The van der Waals surface area contributed by atoms with E-state index in [1.807, 2.05) is 11.8 Å². The van der Waals surface area contributed by atoms with Gasteiger partial charge in [0.2, 0.25) is 0 Å². The Kier molecular flexibility index (Phi) is 23.5. The molecule has 0 spiro atoms. The van der Waals surface area contributed by atoms with Gasteiger partial charge in [-0.3, -0.25) is 0 Å². The third-order valence-corrected chi connectivity index (χ3v) is 1.72. The Morgan fingerprint density at radius 3 is 1.75 bits per heavy atom. The molecule has 1 aliphatic rings. The van der Waals surface area contributed by atoms with Gasteiger partial charge in [-0.15, -0.1) is 5.25 Å². The maximum atomic E-state index is 2.31. The summed E-state index contributed by atoms with van der Waals surface area (Å²) in [4.78, 5) is 0. The van der Waals surface area contributed by atoms with Crippen molar-refractivity contribution in [2.24, 2.45) is 0 Å². The average Bonchev–Trinajstić information content (AvgIpc) is 2.12. The van der Waals surface area contributed by atoms with E-state index in [0.717, 1.165) is 5.25 Å². The van der Waals surface area contributed by atoms with Crippen LogP contribution >= 0.6 is 11.8 Å². The second-order valence-electron chi connectivity index (χ2n) is 1.25. The Balaban J connectivity index is -0.0000000833. The molecule has 39 valence electrons. The third-order valence-electron chi connectivity index (χ3n) is 0.731. The minimum atomic E-state index is 0. The van der Waals surface area contributed by atoms with Crippen LogP contribution in [-0.4, -0.2) is 11.5 Å². The molecule has 0 aromatic carbocycles. The predicted molar refractivity (Wildman–Crippen MR) is 26.2 cm³/mol. The molecule has 0 saturated heterocycles. The third kappa shape index (κ3) is 9.66. The Morgan fingerprint density at radius 1 is 1.38 bits per heavy atom. The van der Waals surface area contributed by atoms with Crippen LogP contribution in [0, 0.1) is 6.42 Å². The summed E-state index contributed by atoms with van der Waals surface area (Å²) in [5.74, 6) is 0. The topological polar surface area (TPSA) is 0 Å². The van der Waals surface area contributed by atoms with Crippen molar-refractivity contribution in [2.75, 3.05) is 6.26 Å². The van der Waals surface area contributed by atoms with Gasteiger partial charge in [0.15, 0.2) is 0 Å². The minimum absolute atomic E-state index is 0. The number of hydrogen-bond acceptors (Lipinski definition) is 1. The van der Waals surface area contributed by atoms with Gasteiger partial charge in [0.1, 0.15) is 0 Å². The minimum Gasteiger partial charge on any atom is -0.320 e. The van der Waals surface area contributed by atoms with Crippen LogP contribution in [0.15, 0.2) is 0 Å². The molecule has 8 heavy (non-hydrogen) atoms. The molecule has 0 nitrogen and oxygen atoms in total. The van der Waals surface area contributed by atoms with E-state index in [0.29, 0.717) is 0 Å². The summed E-state index contributed by atoms with van der Waals surface area (Å²) in [6.45, 7) is 0. The van der Waals surface area contributed by atoms with Crippen LogP contribution in [0.2, 0.25) is 0 Å². The zero-order chi connectivity index (χ0) is 3.70. The fraction of sp³-hybridized carbons (Fsp3) is 0.750. The molecule has 0 aromatic rings. The van der Waals surface area contributed by atoms with Crippen LogP contribution in [0.4, 0.5) is 0 Å². The van der Waals surface area contributed by atoms with E-state index in [1.165, 1.54) is 6.42 Å². The molecule has 1 aliphatic carbocycles. The summed E-state index contributed by atoms with van der Waals surface area (Å²) in [7, 11) is 0. The molecule has 1 atom stereocenters. The molecule has 0 amide bonds. The van der Waals surface area contributed by atoms with Crippen molar-refractivity contribution >= 4 is 11.8 Å². The maximum absolute atomic E-state index is 2.31. The zero-order valence-corrected chi connectivity index (χ0v) is 14.3. The summed E-state index contributed by atoms with van der Waals surface area (Å²) in [6, 6.07) is 0. The quantitative estimate of drug-likeness (QED) is 0.641. The standard InChI is InChI=1S/C4H7S.3Y/c1-5-4-2-3-4;;;/h2,4H,3H2,1H3;;;/q-1;;;. The largest absolute Gasteiger partial charge is 0.320 e. The van der Waals surface area contributed by atoms with E-state index >= 15 is 0 Å². The Morgan fingerprint density at radius 2 is 1.75 bits per heavy atom. The molecular weight excluding hydrogens is 347 g/mol. The summed E-state index contributed by atoms with van der Waals surface area (Å²) in [5, 5.41) is 0.926. The van der Waals surface area contributed by atoms with E-state index in [2.05, 4.69) is 12.7 Å². The summed E-state index contributed by atoms with van der Waals surface area (Å²) < 4.78 is 0. The Bertz CT molecular complexity index is 38.3. The first-order valence-electron chi connectivity index (χ1n) is 1.79. The predicted octanol–water partition coefficient (Wildman–Crippen LogP) is 1.32. The molecule has 1 unspecified atom stereocenters. The molecule has 1 rings (SSSR count). The van der Waals surface area contributed by atoms with Crippen LogP contribution in [0.1, 0.15) is 6.42 Å². The first-order valence-corrected chi connectivity index (χ1v) is 3.08. The van der Waals surface area contributed by atoms with E-state index in [4.69, 9.17) is 0 Å². The number of thioether (sulfide) groups is 1. The second kappa shape index (κ2) is 10.7. The first kappa shape index (κ1) is 17.7. The monoisotopic (exact) mass is 354 g/mol. The van der Waals surface area contributed by atoms with Gasteiger partial charge in [0.05, 0.1) is 0 Å². The van der Waals surface area contributed by atoms with Gasteiger partial charge in [-0.25, -0.2) is 0 Å². The van der Waals surface area contributed by atoms with Crippen LogP contribution in [-0.2, 0) is 98.1 Å². The van der Waals surface area contributed by atoms with E-state index < -0.39 is 0 Å². The maximum Gasteiger partial charge on any atom is 0 e. The Labute approximate surface area is 131 Å². The molecule has 4 heteroatoms. The van der Waals surface area contributed by atoms with Gasteiger partial charge in [-0.2, -0.15) is 18.2 Å². The first-order chi connectivity index (χ1) is 2.43. The normalized spacial score (nSPS) is 21.4. The van der Waals surface area contributed by atoms with Crippen molar-refractivity contribution in [2.45, 2.75) is 11.7 Å². The molecule has 0 aliphatic heterocycles. The van der Waals surface area contributed by atoms with Crippen molar-refractivity contribution < 1.29 is 98.1 Å². The van der Waals surface area contributed by atoms with Crippen molar-refractivity contribution in [3.05, 3.63) is 6.42 Å². The second-order valence-corrected chi connectivity index (χ2v) is 2.32. The molecule has 0 N–H and O–H groups in total. The van der Waals surface area contributed by atoms with Gasteiger partial charge in [0.25, 0.3) is 0 Å².